The zero-order valence-corrected chi connectivity index (χ0v) is 24.3. The number of pyridine rings is 2. The molecular weight excluding hydrogens is 633 g/mol. The van der Waals surface area contributed by atoms with E-state index in [2.05, 4.69) is 68.0 Å². The van der Waals surface area contributed by atoms with Gasteiger partial charge in [0.25, 0.3) is 0 Å². The van der Waals surface area contributed by atoms with Crippen LogP contribution in [0.1, 0.15) is 56.1 Å². The summed E-state index contributed by atoms with van der Waals surface area (Å²) >= 11 is 0. The van der Waals surface area contributed by atoms with Crippen LogP contribution in [0.4, 0.5) is 0 Å². The fourth-order valence-electron chi connectivity index (χ4n) is 4.78. The number of furan rings is 1. The standard InChI is InChI=1S/C22H24NO.C11H8N.Ir/c1-14-9-10-16(18-13-15(11-12-23-18)22(2,3)4)21-20(14)17-7-5-6-8-19(17)24-21;1-2-6-10(7-3-1)11-8-4-5-9-12-11;/h9,11-13H,5-8H2,1-4H3;1-6,8-9H;/q2*-1;. The molecule has 0 atom stereocenters. The van der Waals surface area contributed by atoms with E-state index in [0.29, 0.717) is 0 Å². The molecule has 3 heterocycles. The largest absolute Gasteiger partial charge is 0.505 e. The Labute approximate surface area is 233 Å². The molecule has 1 aliphatic carbocycles. The van der Waals surface area contributed by atoms with Crippen molar-refractivity contribution in [1.82, 2.24) is 9.97 Å². The number of benzene rings is 2. The van der Waals surface area contributed by atoms with Crippen molar-refractivity contribution < 1.29 is 24.5 Å². The van der Waals surface area contributed by atoms with Crippen molar-refractivity contribution in [2.75, 3.05) is 0 Å². The molecule has 5 aromatic rings. The van der Waals surface area contributed by atoms with Gasteiger partial charge in [0.2, 0.25) is 0 Å². The molecule has 0 bridgehead atoms. The molecule has 3 nitrogen and oxygen atoms in total. The fraction of sp³-hybridized carbons (Fsp3) is 0.273. The second-order valence-electron chi connectivity index (χ2n) is 10.4. The number of rotatable bonds is 2. The molecule has 0 fully saturated rings. The summed E-state index contributed by atoms with van der Waals surface area (Å²) in [6.45, 7) is 8.84. The third-order valence-electron chi connectivity index (χ3n) is 6.76. The number of hydrogen-bond acceptors (Lipinski definition) is 3. The summed E-state index contributed by atoms with van der Waals surface area (Å²) in [5.41, 5.74) is 8.99. The summed E-state index contributed by atoms with van der Waals surface area (Å²) in [6.07, 6.45) is 8.35. The summed E-state index contributed by atoms with van der Waals surface area (Å²) in [7, 11) is 0. The first-order valence-electron chi connectivity index (χ1n) is 12.7. The van der Waals surface area contributed by atoms with Gasteiger partial charge in [-0.15, -0.1) is 53.6 Å². The predicted octanol–water partition coefficient (Wildman–Crippen LogP) is 8.33. The van der Waals surface area contributed by atoms with Crippen LogP contribution in [0.2, 0.25) is 0 Å². The average molecular weight is 665 g/mol. The Balaban J connectivity index is 0.000000208. The average Bonchev–Trinajstić information content (AvgIpc) is 3.30. The van der Waals surface area contributed by atoms with Gasteiger partial charge in [0.15, 0.2) is 0 Å². The Kier molecular flexibility index (Phi) is 8.42. The van der Waals surface area contributed by atoms with Gasteiger partial charge in [-0.2, -0.15) is 0 Å². The molecule has 0 saturated carbocycles. The van der Waals surface area contributed by atoms with E-state index in [1.807, 2.05) is 48.7 Å². The summed E-state index contributed by atoms with van der Waals surface area (Å²) in [5.74, 6) is 1.17. The Bertz CT molecular complexity index is 1430. The van der Waals surface area contributed by atoms with Crippen molar-refractivity contribution in [2.45, 2.75) is 58.8 Å². The summed E-state index contributed by atoms with van der Waals surface area (Å²) < 4.78 is 6.31. The van der Waals surface area contributed by atoms with Crippen molar-refractivity contribution in [3.05, 3.63) is 108 Å². The van der Waals surface area contributed by atoms with E-state index in [4.69, 9.17) is 4.42 Å². The van der Waals surface area contributed by atoms with Gasteiger partial charge in [0, 0.05) is 38.9 Å². The number of nitrogens with zero attached hydrogens (tertiary/aromatic N) is 2. The van der Waals surface area contributed by atoms with E-state index in [-0.39, 0.29) is 25.5 Å². The van der Waals surface area contributed by atoms with Gasteiger partial charge in [-0.3, -0.25) is 0 Å². The minimum atomic E-state index is 0. The van der Waals surface area contributed by atoms with Crippen molar-refractivity contribution in [1.29, 1.82) is 0 Å². The predicted molar refractivity (Wildman–Crippen MR) is 147 cm³/mol. The van der Waals surface area contributed by atoms with E-state index >= 15 is 0 Å². The molecule has 1 aliphatic rings. The van der Waals surface area contributed by atoms with Crippen LogP contribution >= 0.6 is 0 Å². The molecule has 2 aromatic carbocycles. The topological polar surface area (TPSA) is 38.9 Å². The van der Waals surface area contributed by atoms with Crippen molar-refractivity contribution in [3.8, 4) is 22.5 Å². The molecule has 4 heteroatoms. The molecule has 0 N–H and O–H groups in total. The minimum absolute atomic E-state index is 0. The van der Waals surface area contributed by atoms with Crippen LogP contribution in [-0.2, 0) is 38.4 Å². The smallest absolute Gasteiger partial charge is 0.0930 e. The number of aryl methyl sites for hydroxylation is 3. The van der Waals surface area contributed by atoms with Crippen LogP contribution in [0.15, 0.2) is 77.5 Å². The first kappa shape index (κ1) is 27.0. The number of hydrogen-bond donors (Lipinski definition) is 0. The summed E-state index contributed by atoms with van der Waals surface area (Å²) in [5, 5.41) is 1.29. The van der Waals surface area contributed by atoms with Crippen molar-refractivity contribution in [3.63, 3.8) is 0 Å². The first-order chi connectivity index (χ1) is 17.4. The van der Waals surface area contributed by atoms with Crippen LogP contribution in [0, 0.1) is 19.1 Å². The molecule has 191 valence electrons. The minimum Gasteiger partial charge on any atom is -0.505 e. The maximum Gasteiger partial charge on any atom is 0.0930 e. The van der Waals surface area contributed by atoms with Gasteiger partial charge in [-0.25, -0.2) is 0 Å². The quantitative estimate of drug-likeness (QED) is 0.178. The third-order valence-corrected chi connectivity index (χ3v) is 6.76. The van der Waals surface area contributed by atoms with Gasteiger partial charge in [0.1, 0.15) is 0 Å². The second kappa shape index (κ2) is 11.5. The molecule has 0 spiro atoms. The second-order valence-corrected chi connectivity index (χ2v) is 10.4. The third kappa shape index (κ3) is 5.92. The van der Waals surface area contributed by atoms with Crippen LogP contribution in [-0.4, -0.2) is 9.97 Å². The van der Waals surface area contributed by atoms with Gasteiger partial charge >= 0.3 is 0 Å². The van der Waals surface area contributed by atoms with Gasteiger partial charge in [-0.05, 0) is 59.3 Å². The van der Waals surface area contributed by atoms with E-state index in [9.17, 15) is 0 Å². The molecule has 6 rings (SSSR count). The first-order valence-corrected chi connectivity index (χ1v) is 12.7. The van der Waals surface area contributed by atoms with E-state index < -0.39 is 0 Å². The zero-order valence-electron chi connectivity index (χ0n) is 21.9. The van der Waals surface area contributed by atoms with Crippen LogP contribution in [0.25, 0.3) is 33.5 Å². The molecule has 3 aromatic heterocycles. The molecule has 0 saturated heterocycles. The zero-order chi connectivity index (χ0) is 25.1. The number of fused-ring (bicyclic) bond motifs is 3. The molecule has 0 aliphatic heterocycles. The van der Waals surface area contributed by atoms with Gasteiger partial charge in [0.05, 0.1) is 11.3 Å². The fourth-order valence-corrected chi connectivity index (χ4v) is 4.78. The number of aromatic nitrogens is 2. The van der Waals surface area contributed by atoms with Crippen LogP contribution in [0.3, 0.4) is 0 Å². The summed E-state index contributed by atoms with van der Waals surface area (Å²) in [4.78, 5) is 8.84. The molecule has 0 unspecified atom stereocenters. The SMILES string of the molecule is Cc1c[c-]c(-c2cc(C(C)(C)C)ccn2)c2oc3c(c12)CCCC3.[Ir].[c-]1ccccc1-c1ccccn1. The molecule has 1 radical (unpaired) electrons. The molecule has 0 amide bonds. The van der Waals surface area contributed by atoms with Crippen LogP contribution in [0.5, 0.6) is 0 Å². The Morgan fingerprint density at radius 2 is 1.65 bits per heavy atom. The molecule has 37 heavy (non-hydrogen) atoms. The Morgan fingerprint density at radius 3 is 2.38 bits per heavy atom. The Hall–Kier alpha value is -3.07. The maximum atomic E-state index is 6.31. The van der Waals surface area contributed by atoms with E-state index in [0.717, 1.165) is 40.9 Å². The van der Waals surface area contributed by atoms with E-state index in [1.165, 1.54) is 40.7 Å². The van der Waals surface area contributed by atoms with Crippen LogP contribution < -0.4 is 0 Å². The maximum absolute atomic E-state index is 6.31. The van der Waals surface area contributed by atoms with Crippen molar-refractivity contribution >= 4 is 11.0 Å². The van der Waals surface area contributed by atoms with Gasteiger partial charge in [-0.1, -0.05) is 56.8 Å². The summed E-state index contributed by atoms with van der Waals surface area (Å²) in [6, 6.07) is 26.6. The Morgan fingerprint density at radius 1 is 0.865 bits per heavy atom. The van der Waals surface area contributed by atoms with E-state index in [1.54, 1.807) is 6.20 Å². The molecular formula is C33H32IrN2O-2. The van der Waals surface area contributed by atoms with Crippen molar-refractivity contribution in [2.24, 2.45) is 0 Å². The normalized spacial score (nSPS) is 12.8. The monoisotopic (exact) mass is 665 g/mol. The van der Waals surface area contributed by atoms with Gasteiger partial charge < -0.3 is 14.4 Å².